The van der Waals surface area contributed by atoms with Gasteiger partial charge in [0.25, 0.3) is 5.56 Å². The summed E-state index contributed by atoms with van der Waals surface area (Å²) in [6, 6.07) is 0. The third-order valence-electron chi connectivity index (χ3n) is 2.65. The lowest BCUT2D eigenvalue weighted by Crippen LogP contribution is -2.30. The number of aromatic nitrogens is 2. The number of alkyl halides is 1. The Morgan fingerprint density at radius 3 is 3.13 bits per heavy atom. The fraction of sp³-hybridized carbons (Fsp3) is 0.600. The number of fused-ring (bicyclic) bond motifs is 1. The molecule has 82 valence electrons. The standard InChI is InChI=1S/C10H13FN2O2/c11-4-7(14)5-13-6-12-9-3-1-2-8(9)10(13)15/h6-7,14H,1-5H2. The molecule has 0 fully saturated rings. The summed E-state index contributed by atoms with van der Waals surface area (Å²) in [5.74, 6) is 0. The quantitative estimate of drug-likeness (QED) is 0.771. The molecule has 1 aromatic heterocycles. The van der Waals surface area contributed by atoms with Crippen molar-refractivity contribution in [2.45, 2.75) is 31.9 Å². The molecule has 15 heavy (non-hydrogen) atoms. The summed E-state index contributed by atoms with van der Waals surface area (Å²) in [6.07, 6.45) is 2.81. The van der Waals surface area contributed by atoms with E-state index < -0.39 is 12.8 Å². The monoisotopic (exact) mass is 212 g/mol. The largest absolute Gasteiger partial charge is 0.389 e. The summed E-state index contributed by atoms with van der Waals surface area (Å²) in [7, 11) is 0. The molecule has 0 radical (unpaired) electrons. The highest BCUT2D eigenvalue weighted by Crippen LogP contribution is 2.14. The molecule has 4 nitrogen and oxygen atoms in total. The molecule has 1 aliphatic carbocycles. The van der Waals surface area contributed by atoms with E-state index in [0.717, 1.165) is 30.5 Å². The number of aliphatic hydroxyl groups is 1. The van der Waals surface area contributed by atoms with Crippen LogP contribution in [0.5, 0.6) is 0 Å². The molecule has 0 saturated heterocycles. The van der Waals surface area contributed by atoms with E-state index in [4.69, 9.17) is 5.11 Å². The summed E-state index contributed by atoms with van der Waals surface area (Å²) in [5.41, 5.74) is 1.44. The Labute approximate surface area is 86.4 Å². The Morgan fingerprint density at radius 2 is 2.40 bits per heavy atom. The summed E-state index contributed by atoms with van der Waals surface area (Å²) in [6.45, 7) is -0.862. The van der Waals surface area contributed by atoms with Crippen molar-refractivity contribution in [1.29, 1.82) is 0 Å². The Bertz CT molecular complexity index is 416. The maximum atomic E-state index is 12.1. The zero-order valence-corrected chi connectivity index (χ0v) is 8.32. The van der Waals surface area contributed by atoms with E-state index in [-0.39, 0.29) is 12.1 Å². The van der Waals surface area contributed by atoms with Gasteiger partial charge in [-0.2, -0.15) is 0 Å². The molecule has 5 heteroatoms. The SMILES string of the molecule is O=c1c2c(ncn1CC(O)CF)CCC2. The van der Waals surface area contributed by atoms with Gasteiger partial charge < -0.3 is 5.11 Å². The molecule has 0 amide bonds. The van der Waals surface area contributed by atoms with Crippen molar-refractivity contribution in [3.05, 3.63) is 27.9 Å². The smallest absolute Gasteiger partial charge is 0.256 e. The molecule has 2 rings (SSSR count). The average molecular weight is 212 g/mol. The van der Waals surface area contributed by atoms with Crippen LogP contribution in [0, 0.1) is 0 Å². The van der Waals surface area contributed by atoms with Crippen LogP contribution in [0.4, 0.5) is 4.39 Å². The first-order valence-corrected chi connectivity index (χ1v) is 5.03. The predicted molar refractivity (Wildman–Crippen MR) is 52.5 cm³/mol. The fourth-order valence-electron chi connectivity index (χ4n) is 1.87. The van der Waals surface area contributed by atoms with Gasteiger partial charge in [0.05, 0.1) is 18.6 Å². The van der Waals surface area contributed by atoms with Crippen molar-refractivity contribution in [1.82, 2.24) is 9.55 Å². The van der Waals surface area contributed by atoms with E-state index in [1.807, 2.05) is 0 Å². The first kappa shape index (κ1) is 10.3. The molecule has 1 aliphatic rings. The number of nitrogens with zero attached hydrogens (tertiary/aromatic N) is 2. The first-order valence-electron chi connectivity index (χ1n) is 5.03. The van der Waals surface area contributed by atoms with E-state index in [0.29, 0.717) is 0 Å². The zero-order valence-electron chi connectivity index (χ0n) is 8.32. The van der Waals surface area contributed by atoms with E-state index in [1.165, 1.54) is 10.9 Å². The lowest BCUT2D eigenvalue weighted by atomic mass is 10.2. The number of rotatable bonds is 3. The van der Waals surface area contributed by atoms with Crippen molar-refractivity contribution in [2.75, 3.05) is 6.67 Å². The second-order valence-electron chi connectivity index (χ2n) is 3.79. The van der Waals surface area contributed by atoms with Crippen molar-refractivity contribution < 1.29 is 9.50 Å². The van der Waals surface area contributed by atoms with Gasteiger partial charge in [-0.3, -0.25) is 9.36 Å². The molecule has 1 N–H and O–H groups in total. The highest BCUT2D eigenvalue weighted by molar-refractivity contribution is 5.21. The normalized spacial score (nSPS) is 16.4. The van der Waals surface area contributed by atoms with Gasteiger partial charge in [0.1, 0.15) is 12.8 Å². The number of hydrogen-bond donors (Lipinski definition) is 1. The number of halogens is 1. The molecule has 0 bridgehead atoms. The molecule has 0 aromatic carbocycles. The highest BCUT2D eigenvalue weighted by Gasteiger charge is 2.17. The summed E-state index contributed by atoms with van der Waals surface area (Å²) < 4.78 is 13.4. The zero-order chi connectivity index (χ0) is 10.8. The third kappa shape index (κ3) is 1.92. The van der Waals surface area contributed by atoms with Gasteiger partial charge in [0.15, 0.2) is 0 Å². The molecule has 0 aliphatic heterocycles. The van der Waals surface area contributed by atoms with Crippen LogP contribution in [0.1, 0.15) is 17.7 Å². The second-order valence-corrected chi connectivity index (χ2v) is 3.79. The lowest BCUT2D eigenvalue weighted by molar-refractivity contribution is 0.120. The van der Waals surface area contributed by atoms with E-state index >= 15 is 0 Å². The Hall–Kier alpha value is -1.23. The van der Waals surface area contributed by atoms with Crippen LogP contribution < -0.4 is 5.56 Å². The van der Waals surface area contributed by atoms with Crippen molar-refractivity contribution in [3.8, 4) is 0 Å². The van der Waals surface area contributed by atoms with E-state index in [9.17, 15) is 9.18 Å². The van der Waals surface area contributed by atoms with E-state index in [2.05, 4.69) is 4.98 Å². The molecule has 0 spiro atoms. The van der Waals surface area contributed by atoms with Crippen LogP contribution in [-0.4, -0.2) is 27.4 Å². The molecular formula is C10H13FN2O2. The fourth-order valence-corrected chi connectivity index (χ4v) is 1.87. The highest BCUT2D eigenvalue weighted by atomic mass is 19.1. The number of hydrogen-bond acceptors (Lipinski definition) is 3. The van der Waals surface area contributed by atoms with Crippen LogP contribution in [0.2, 0.25) is 0 Å². The molecule has 0 saturated carbocycles. The van der Waals surface area contributed by atoms with Crippen LogP contribution in [0.15, 0.2) is 11.1 Å². The minimum Gasteiger partial charge on any atom is -0.389 e. The maximum Gasteiger partial charge on any atom is 0.256 e. The summed E-state index contributed by atoms with van der Waals surface area (Å²) in [4.78, 5) is 15.9. The molecule has 1 atom stereocenters. The van der Waals surface area contributed by atoms with Gasteiger partial charge in [-0.05, 0) is 19.3 Å². The Kier molecular flexibility index (Phi) is 2.81. The first-order chi connectivity index (χ1) is 7.22. The van der Waals surface area contributed by atoms with Crippen LogP contribution in [-0.2, 0) is 19.4 Å². The molecule has 1 heterocycles. The summed E-state index contributed by atoms with van der Waals surface area (Å²) >= 11 is 0. The van der Waals surface area contributed by atoms with Gasteiger partial charge in [0.2, 0.25) is 0 Å². The van der Waals surface area contributed by atoms with Gasteiger partial charge in [0, 0.05) is 5.56 Å². The van der Waals surface area contributed by atoms with Crippen molar-refractivity contribution in [3.63, 3.8) is 0 Å². The van der Waals surface area contributed by atoms with Gasteiger partial charge in [-0.15, -0.1) is 0 Å². The van der Waals surface area contributed by atoms with Crippen molar-refractivity contribution >= 4 is 0 Å². The summed E-state index contributed by atoms with van der Waals surface area (Å²) in [5, 5.41) is 9.12. The topological polar surface area (TPSA) is 55.1 Å². The van der Waals surface area contributed by atoms with Crippen LogP contribution in [0.3, 0.4) is 0 Å². The second kappa shape index (κ2) is 4.10. The van der Waals surface area contributed by atoms with Crippen molar-refractivity contribution in [2.24, 2.45) is 0 Å². The predicted octanol–water partition coefficient (Wildman–Crippen LogP) is 0.0624. The van der Waals surface area contributed by atoms with Gasteiger partial charge in [-0.25, -0.2) is 9.37 Å². The van der Waals surface area contributed by atoms with Gasteiger partial charge in [-0.1, -0.05) is 0 Å². The van der Waals surface area contributed by atoms with Crippen LogP contribution in [0.25, 0.3) is 0 Å². The minimum atomic E-state index is -1.12. The maximum absolute atomic E-state index is 12.1. The lowest BCUT2D eigenvalue weighted by Gasteiger charge is -2.09. The average Bonchev–Trinajstić information content (AvgIpc) is 2.70. The molecule has 1 unspecified atom stereocenters. The van der Waals surface area contributed by atoms with Gasteiger partial charge >= 0.3 is 0 Å². The molecule has 1 aromatic rings. The van der Waals surface area contributed by atoms with Crippen LogP contribution >= 0.6 is 0 Å². The Morgan fingerprint density at radius 1 is 1.60 bits per heavy atom. The number of aliphatic hydroxyl groups excluding tert-OH is 1. The van der Waals surface area contributed by atoms with E-state index in [1.54, 1.807) is 0 Å². The molecular weight excluding hydrogens is 199 g/mol. The number of aryl methyl sites for hydroxylation is 1. The third-order valence-corrected chi connectivity index (χ3v) is 2.65. The Balaban J connectivity index is 2.30. The minimum absolute atomic E-state index is 0.0182.